The summed E-state index contributed by atoms with van der Waals surface area (Å²) in [5.74, 6) is 7.50. The fourth-order valence-electron chi connectivity index (χ4n) is 4.90. The summed E-state index contributed by atoms with van der Waals surface area (Å²) in [5.41, 5.74) is 0.00927. The molecule has 2 unspecified atom stereocenters. The fourth-order valence-corrected chi connectivity index (χ4v) is 4.90. The normalized spacial score (nSPS) is 28.2. The van der Waals surface area contributed by atoms with Gasteiger partial charge in [-0.25, -0.2) is 15.0 Å². The molecule has 2 aliphatic rings. The van der Waals surface area contributed by atoms with Gasteiger partial charge in [-0.3, -0.25) is 4.79 Å². The molecule has 0 radical (unpaired) electrons. The number of nitrogens with zero attached hydrogens (tertiary/aromatic N) is 4. The van der Waals surface area contributed by atoms with Crippen LogP contribution in [0.4, 0.5) is 5.82 Å². The molecular formula is C22H24N6O4. The zero-order chi connectivity index (χ0) is 22.6. The molecule has 0 spiro atoms. The predicted molar refractivity (Wildman–Crippen MR) is 115 cm³/mol. The van der Waals surface area contributed by atoms with E-state index in [4.69, 9.17) is 4.42 Å². The van der Waals surface area contributed by atoms with Gasteiger partial charge in [0, 0.05) is 26.4 Å². The second kappa shape index (κ2) is 7.32. The summed E-state index contributed by atoms with van der Waals surface area (Å²) >= 11 is 0. The van der Waals surface area contributed by atoms with E-state index < -0.39 is 23.7 Å². The number of amides is 1. The Morgan fingerprint density at radius 3 is 2.81 bits per heavy atom. The monoisotopic (exact) mass is 436 g/mol. The number of aliphatic hydroxyl groups is 2. The van der Waals surface area contributed by atoms with Gasteiger partial charge in [-0.1, -0.05) is 6.92 Å². The van der Waals surface area contributed by atoms with Crippen molar-refractivity contribution in [3.05, 3.63) is 35.8 Å². The van der Waals surface area contributed by atoms with Gasteiger partial charge >= 0.3 is 0 Å². The minimum Gasteiger partial charge on any atom is -0.453 e. The van der Waals surface area contributed by atoms with Crippen molar-refractivity contribution >= 4 is 22.9 Å². The topological polar surface area (TPSA) is 138 Å². The third-order valence-electron chi connectivity index (χ3n) is 6.61. The standard InChI is InChI=1S/C22H24N6O4/c1-4-11-5-6-12(32-11)7-8-14-26-19(23-2)15-20(27-14)28(10-25-15)16-13-9-22(13,21(31)24-3)18(30)17(16)29/h5-6,10,13,16-18,29-30H,4,9H2,1-3H3,(H,24,31)(H,23,26,27)/t13?,16-,17?,18+,22-/m1/s1. The zero-order valence-electron chi connectivity index (χ0n) is 18.0. The molecule has 0 aromatic carbocycles. The quantitative estimate of drug-likeness (QED) is 0.433. The van der Waals surface area contributed by atoms with Crippen molar-refractivity contribution in [3.8, 4) is 11.8 Å². The molecule has 1 amide bonds. The van der Waals surface area contributed by atoms with Crippen LogP contribution in [0.5, 0.6) is 0 Å². The fraction of sp³-hybridized carbons (Fsp3) is 0.455. The van der Waals surface area contributed by atoms with Crippen LogP contribution >= 0.6 is 0 Å². The SMILES string of the molecule is CCc1ccc(C#Cc2nc(NC)c3ncn([C@H]4C(O)[C@H](O)[C@@]5(C(=O)NC)CC45)c3n2)o1. The molecule has 2 fully saturated rings. The van der Waals surface area contributed by atoms with Crippen molar-refractivity contribution < 1.29 is 19.4 Å². The summed E-state index contributed by atoms with van der Waals surface area (Å²) in [6.45, 7) is 2.00. The van der Waals surface area contributed by atoms with Crippen LogP contribution in [-0.4, -0.2) is 61.9 Å². The Balaban J connectivity index is 1.56. The van der Waals surface area contributed by atoms with Crippen molar-refractivity contribution in [2.45, 2.75) is 38.0 Å². The van der Waals surface area contributed by atoms with E-state index >= 15 is 0 Å². The van der Waals surface area contributed by atoms with Crippen LogP contribution in [0, 0.1) is 23.2 Å². The van der Waals surface area contributed by atoms with Crippen LogP contribution in [0.15, 0.2) is 22.9 Å². The van der Waals surface area contributed by atoms with E-state index in [-0.39, 0.29) is 17.6 Å². The minimum atomic E-state index is -1.16. The number of imidazole rings is 1. The molecule has 3 aromatic heterocycles. The predicted octanol–water partition coefficient (Wildman–Crippen LogP) is 0.452. The number of fused-ring (bicyclic) bond motifs is 2. The first-order chi connectivity index (χ1) is 15.4. The van der Waals surface area contributed by atoms with Gasteiger partial charge in [0.2, 0.25) is 11.7 Å². The Bertz CT molecular complexity index is 1270. The van der Waals surface area contributed by atoms with Crippen LogP contribution in [0.1, 0.15) is 36.7 Å². The van der Waals surface area contributed by atoms with Crippen LogP contribution in [0.25, 0.3) is 11.2 Å². The minimum absolute atomic E-state index is 0.219. The highest BCUT2D eigenvalue weighted by molar-refractivity contribution is 5.88. The van der Waals surface area contributed by atoms with Gasteiger partial charge in [0.1, 0.15) is 11.9 Å². The molecule has 3 aromatic rings. The lowest BCUT2D eigenvalue weighted by atomic mass is 9.98. The molecule has 0 aliphatic heterocycles. The Labute approximate surface area is 184 Å². The molecule has 32 heavy (non-hydrogen) atoms. The number of aliphatic hydroxyl groups excluding tert-OH is 2. The number of anilines is 1. The average Bonchev–Trinajstić information content (AvgIpc) is 3.09. The Morgan fingerprint density at radius 2 is 2.12 bits per heavy atom. The van der Waals surface area contributed by atoms with E-state index in [9.17, 15) is 15.0 Å². The number of hydrogen-bond acceptors (Lipinski definition) is 8. The molecule has 3 heterocycles. The molecule has 166 valence electrons. The Hall–Kier alpha value is -3.42. The van der Waals surface area contributed by atoms with E-state index in [0.29, 0.717) is 29.2 Å². The maximum absolute atomic E-state index is 12.4. The van der Waals surface area contributed by atoms with E-state index in [1.807, 2.05) is 13.0 Å². The van der Waals surface area contributed by atoms with E-state index in [1.54, 1.807) is 24.0 Å². The first kappa shape index (κ1) is 20.5. The summed E-state index contributed by atoms with van der Waals surface area (Å²) in [5, 5.41) is 27.1. The molecule has 0 bridgehead atoms. The third-order valence-corrected chi connectivity index (χ3v) is 6.61. The van der Waals surface area contributed by atoms with E-state index in [1.165, 1.54) is 7.05 Å². The maximum Gasteiger partial charge on any atom is 0.229 e. The number of aryl methyl sites for hydroxylation is 1. The van der Waals surface area contributed by atoms with Gasteiger partial charge in [-0.15, -0.1) is 0 Å². The number of furan rings is 1. The lowest BCUT2D eigenvalue weighted by molar-refractivity contribution is -0.132. The highest BCUT2D eigenvalue weighted by Gasteiger charge is 2.75. The number of aromatic nitrogens is 4. The van der Waals surface area contributed by atoms with Crippen molar-refractivity contribution in [2.75, 3.05) is 19.4 Å². The highest BCUT2D eigenvalue weighted by atomic mass is 16.3. The number of rotatable bonds is 4. The van der Waals surface area contributed by atoms with Crippen molar-refractivity contribution in [1.82, 2.24) is 24.8 Å². The van der Waals surface area contributed by atoms with Crippen molar-refractivity contribution in [3.63, 3.8) is 0 Å². The summed E-state index contributed by atoms with van der Waals surface area (Å²) < 4.78 is 7.34. The van der Waals surface area contributed by atoms with Crippen molar-refractivity contribution in [2.24, 2.45) is 11.3 Å². The van der Waals surface area contributed by atoms with Crippen LogP contribution in [0.3, 0.4) is 0 Å². The largest absolute Gasteiger partial charge is 0.453 e. The number of carbonyl (C=O) groups is 1. The molecule has 10 heteroatoms. The van der Waals surface area contributed by atoms with Gasteiger partial charge in [0.05, 0.1) is 23.9 Å². The van der Waals surface area contributed by atoms with Gasteiger partial charge in [0.25, 0.3) is 0 Å². The van der Waals surface area contributed by atoms with E-state index in [2.05, 4.69) is 37.4 Å². The summed E-state index contributed by atoms with van der Waals surface area (Å²) in [4.78, 5) is 25.9. The second-order valence-electron chi connectivity index (χ2n) is 8.20. The summed E-state index contributed by atoms with van der Waals surface area (Å²) in [6.07, 6.45) is 0.551. The smallest absolute Gasteiger partial charge is 0.229 e. The van der Waals surface area contributed by atoms with Crippen LogP contribution in [-0.2, 0) is 11.2 Å². The average molecular weight is 436 g/mol. The molecule has 2 aliphatic carbocycles. The first-order valence-corrected chi connectivity index (χ1v) is 10.6. The van der Waals surface area contributed by atoms with Crippen LogP contribution < -0.4 is 10.6 Å². The highest BCUT2D eigenvalue weighted by Crippen LogP contribution is 2.67. The van der Waals surface area contributed by atoms with Crippen molar-refractivity contribution in [1.29, 1.82) is 0 Å². The Morgan fingerprint density at radius 1 is 1.31 bits per heavy atom. The lowest BCUT2D eigenvalue weighted by Gasteiger charge is -2.23. The first-order valence-electron chi connectivity index (χ1n) is 10.6. The molecule has 5 atom stereocenters. The van der Waals surface area contributed by atoms with Gasteiger partial charge in [0.15, 0.2) is 22.7 Å². The van der Waals surface area contributed by atoms with E-state index in [0.717, 1.165) is 12.2 Å². The zero-order valence-corrected chi connectivity index (χ0v) is 18.0. The van der Waals surface area contributed by atoms with Gasteiger partial charge < -0.3 is 29.8 Å². The molecular weight excluding hydrogens is 412 g/mol. The lowest BCUT2D eigenvalue weighted by Crippen LogP contribution is -2.41. The molecule has 4 N–H and O–H groups in total. The third kappa shape index (κ3) is 2.82. The summed E-state index contributed by atoms with van der Waals surface area (Å²) in [7, 11) is 3.26. The second-order valence-corrected chi connectivity index (χ2v) is 8.20. The Kier molecular flexibility index (Phi) is 4.69. The number of hydrogen-bond donors (Lipinski definition) is 4. The number of carbonyl (C=O) groups excluding carboxylic acids is 1. The van der Waals surface area contributed by atoms with Gasteiger partial charge in [-0.2, -0.15) is 0 Å². The van der Waals surface area contributed by atoms with Gasteiger partial charge in [-0.05, 0) is 30.4 Å². The molecule has 5 rings (SSSR count). The molecule has 2 saturated carbocycles. The van der Waals surface area contributed by atoms with Crippen LogP contribution in [0.2, 0.25) is 0 Å². The number of nitrogens with one attached hydrogen (secondary N) is 2. The summed E-state index contributed by atoms with van der Waals surface area (Å²) in [6, 6.07) is 3.14. The maximum atomic E-state index is 12.4. The molecule has 10 nitrogen and oxygen atoms in total. The molecule has 0 saturated heterocycles.